The van der Waals surface area contributed by atoms with Crippen molar-refractivity contribution in [2.24, 2.45) is 70.5 Å². The molecule has 0 spiro atoms. The first kappa shape index (κ1) is 60.2. The Hall–Kier alpha value is -4.91. The van der Waals surface area contributed by atoms with Crippen LogP contribution in [0.4, 0.5) is 8.78 Å². The van der Waals surface area contributed by atoms with Crippen molar-refractivity contribution in [2.75, 3.05) is 13.2 Å². The van der Waals surface area contributed by atoms with Crippen LogP contribution < -0.4 is 0 Å². The van der Waals surface area contributed by atoms with Crippen molar-refractivity contribution >= 4 is 50.9 Å². The smallest absolute Gasteiger partial charge is 0.402 e. The van der Waals surface area contributed by atoms with E-state index in [2.05, 4.69) is 97.9 Å². The Morgan fingerprint density at radius 3 is 1.78 bits per heavy atom. The third-order valence-corrected chi connectivity index (χ3v) is 21.1. The summed E-state index contributed by atoms with van der Waals surface area (Å²) >= 11 is 0. The van der Waals surface area contributed by atoms with Crippen LogP contribution in [0, 0.1) is 70.5 Å². The Kier molecular flexibility index (Phi) is 18.5. The molecule has 79 heavy (non-hydrogen) atoms. The van der Waals surface area contributed by atoms with Crippen molar-refractivity contribution in [3.05, 3.63) is 91.0 Å². The van der Waals surface area contributed by atoms with Gasteiger partial charge in [0, 0.05) is 6.42 Å². The van der Waals surface area contributed by atoms with Gasteiger partial charge in [-0.25, -0.2) is 4.79 Å². The second-order valence-electron chi connectivity index (χ2n) is 25.1. The van der Waals surface area contributed by atoms with E-state index in [0.29, 0.717) is 18.3 Å². The van der Waals surface area contributed by atoms with E-state index in [9.17, 15) is 46.3 Å². The third-order valence-electron chi connectivity index (χ3n) is 18.0. The summed E-state index contributed by atoms with van der Waals surface area (Å²) in [4.78, 5) is 71.6. The standard InChI is InChI=1S/C43H64F2O14S.C18H15S/c1-22-25-16-31(32(17-25)33(46)19-35(47)58-40(2,3)4)30(22)18-26(37(49)59-42(7)28-11-23-10-24(13-28)14-29(42)12-23)15-27(36(48)57-34-8-9-55-38(34)50)20-41(5,6)39(51)56-21-43(44,45)60(52,53)54;1-4-10-16(11-5-1)19(17-12-6-2-7-13-17)18-14-8-3-9-15-18/h22-34,46H,8-21H2,1-7H3,(H,52,53,54);1-15H/q;+1. The highest BCUT2D eigenvalue weighted by Gasteiger charge is 2.59. The zero-order valence-electron chi connectivity index (χ0n) is 46.4. The number of hydrogen-bond acceptors (Lipinski definition) is 13. The lowest BCUT2D eigenvalue weighted by atomic mass is 9.50. The number of carbonyl (C=O) groups excluding carboxylic acids is 5. The van der Waals surface area contributed by atoms with E-state index in [1.807, 2.05) is 6.92 Å². The molecule has 0 aromatic heterocycles. The lowest BCUT2D eigenvalue weighted by molar-refractivity contribution is -0.208. The van der Waals surface area contributed by atoms with Crippen LogP contribution in [0.1, 0.15) is 126 Å². The van der Waals surface area contributed by atoms with Gasteiger partial charge in [-0.1, -0.05) is 61.5 Å². The number of hydrogen-bond donors (Lipinski definition) is 2. The number of alkyl halides is 2. The molecule has 1 heterocycles. The fourth-order valence-electron chi connectivity index (χ4n) is 14.2. The Morgan fingerprint density at radius 1 is 0.785 bits per heavy atom. The monoisotopic (exact) mass is 1140 g/mol. The number of cyclic esters (lactones) is 1. The molecule has 10 rings (SSSR count). The molecule has 432 valence electrons. The van der Waals surface area contributed by atoms with Crippen molar-refractivity contribution in [3.8, 4) is 0 Å². The van der Waals surface area contributed by atoms with Gasteiger partial charge in [-0.2, -0.15) is 17.2 Å². The number of benzene rings is 3. The normalized spacial score (nSPS) is 29.2. The average Bonchev–Trinajstić information content (AvgIpc) is 4.10. The van der Waals surface area contributed by atoms with Crippen LogP contribution in [0.3, 0.4) is 0 Å². The van der Waals surface area contributed by atoms with Gasteiger partial charge in [0.1, 0.15) is 11.2 Å². The van der Waals surface area contributed by atoms with Gasteiger partial charge in [0.2, 0.25) is 6.10 Å². The Balaban J connectivity index is 0.000000360. The predicted octanol–water partition coefficient (Wildman–Crippen LogP) is 10.8. The van der Waals surface area contributed by atoms with Crippen molar-refractivity contribution in [1.29, 1.82) is 0 Å². The zero-order valence-corrected chi connectivity index (χ0v) is 48.1. The van der Waals surface area contributed by atoms with Crippen LogP contribution in [0.2, 0.25) is 0 Å². The molecule has 6 aliphatic carbocycles. The lowest BCUT2D eigenvalue weighted by Crippen LogP contribution is -2.58. The molecular formula is C61H79F2O14S2+. The Morgan fingerprint density at radius 2 is 1.32 bits per heavy atom. The van der Waals surface area contributed by atoms with E-state index >= 15 is 0 Å². The summed E-state index contributed by atoms with van der Waals surface area (Å²) in [5, 5.41) is 6.62. The summed E-state index contributed by atoms with van der Waals surface area (Å²) in [5.41, 5.74) is -3.20. The first-order chi connectivity index (χ1) is 37.1. The molecule has 0 amide bonds. The summed E-state index contributed by atoms with van der Waals surface area (Å²) < 4.78 is 87.0. The van der Waals surface area contributed by atoms with Gasteiger partial charge in [0.15, 0.2) is 21.3 Å². The van der Waals surface area contributed by atoms with E-state index < -0.39 is 98.9 Å². The third kappa shape index (κ3) is 14.2. The number of ether oxygens (including phenoxy) is 5. The number of aliphatic hydroxyl groups excluding tert-OH is 1. The van der Waals surface area contributed by atoms with Crippen molar-refractivity contribution in [3.63, 3.8) is 0 Å². The quantitative estimate of drug-likeness (QED) is 0.0467. The summed E-state index contributed by atoms with van der Waals surface area (Å²) in [6.45, 7) is 10.0. The van der Waals surface area contributed by atoms with Gasteiger partial charge in [0.25, 0.3) is 0 Å². The SMILES string of the molecule is CC1C2CC(C(O)CC(=O)OC(C)(C)C)C(C2)C1CC(CC(CC(C)(C)C(=O)OCC(F)(F)S(=O)(=O)O)C(=O)OC1CCOC1=O)C(=O)OC1(C)C2CC3CC(C2)CC1C3.c1ccc([S+](c2ccccc2)c2ccccc2)cc1. The van der Waals surface area contributed by atoms with Crippen molar-refractivity contribution in [1.82, 2.24) is 0 Å². The first-order valence-corrected chi connectivity index (χ1v) is 30.7. The Bertz CT molecular complexity index is 2610. The minimum Gasteiger partial charge on any atom is -0.463 e. The van der Waals surface area contributed by atoms with Gasteiger partial charge >= 0.3 is 45.2 Å². The van der Waals surface area contributed by atoms with E-state index in [0.717, 1.165) is 32.1 Å². The highest BCUT2D eigenvalue weighted by Crippen LogP contribution is 2.61. The topological polar surface area (TPSA) is 206 Å². The van der Waals surface area contributed by atoms with Crippen molar-refractivity contribution < 1.29 is 74.5 Å². The molecule has 1 aliphatic heterocycles. The zero-order chi connectivity index (χ0) is 57.2. The van der Waals surface area contributed by atoms with Crippen LogP contribution in [0.25, 0.3) is 0 Å². The summed E-state index contributed by atoms with van der Waals surface area (Å²) in [5.74, 6) is -4.82. The largest absolute Gasteiger partial charge is 0.463 e. The summed E-state index contributed by atoms with van der Waals surface area (Å²) in [6, 6.07) is 32.2. The molecule has 1 saturated heterocycles. The van der Waals surface area contributed by atoms with Gasteiger partial charge in [0.05, 0.1) is 47.3 Å². The maximum Gasteiger partial charge on any atom is 0.402 e. The highest BCUT2D eigenvalue weighted by molar-refractivity contribution is 7.97. The van der Waals surface area contributed by atoms with Gasteiger partial charge in [-0.15, -0.1) is 0 Å². The van der Waals surface area contributed by atoms with Crippen LogP contribution >= 0.6 is 0 Å². The molecule has 7 fully saturated rings. The predicted molar refractivity (Wildman–Crippen MR) is 289 cm³/mol. The van der Waals surface area contributed by atoms with E-state index in [1.54, 1.807) is 20.8 Å². The number of esters is 5. The van der Waals surface area contributed by atoms with E-state index in [-0.39, 0.29) is 84.6 Å². The van der Waals surface area contributed by atoms with Crippen LogP contribution in [-0.4, -0.2) is 89.8 Å². The number of rotatable bonds is 20. The molecule has 3 aromatic rings. The Labute approximate surface area is 466 Å². The molecular weight excluding hydrogens is 1060 g/mol. The number of aliphatic hydroxyl groups is 1. The fraction of sp³-hybridized carbons (Fsp3) is 0.623. The minimum absolute atomic E-state index is 0.0146. The highest BCUT2D eigenvalue weighted by atomic mass is 32.2. The molecule has 14 nitrogen and oxygen atoms in total. The van der Waals surface area contributed by atoms with Gasteiger partial charge in [-0.05, 0) is 195 Å². The number of fused-ring (bicyclic) bond motifs is 2. The van der Waals surface area contributed by atoms with Crippen LogP contribution in [0.15, 0.2) is 106 Å². The molecule has 0 radical (unpaired) electrons. The molecule has 3 aromatic carbocycles. The fourth-order valence-corrected chi connectivity index (χ4v) is 16.5. The van der Waals surface area contributed by atoms with E-state index in [1.165, 1.54) is 35.0 Å². The minimum atomic E-state index is -5.91. The molecule has 9 unspecified atom stereocenters. The first-order valence-electron chi connectivity index (χ1n) is 28.0. The second-order valence-corrected chi connectivity index (χ2v) is 28.7. The summed E-state index contributed by atoms with van der Waals surface area (Å²) in [7, 11) is -5.92. The lowest BCUT2D eigenvalue weighted by Gasteiger charge is -2.59. The number of carbonyl (C=O) groups is 5. The van der Waals surface area contributed by atoms with Gasteiger partial charge < -0.3 is 28.8 Å². The average molecular weight is 1140 g/mol. The van der Waals surface area contributed by atoms with Crippen LogP contribution in [0.5, 0.6) is 0 Å². The molecule has 7 aliphatic rings. The molecule has 6 bridgehead atoms. The molecule has 6 saturated carbocycles. The van der Waals surface area contributed by atoms with Gasteiger partial charge in [-0.3, -0.25) is 23.7 Å². The molecule has 2 N–H and O–H groups in total. The molecule has 9 atom stereocenters. The van der Waals surface area contributed by atoms with E-state index in [4.69, 9.17) is 28.2 Å². The van der Waals surface area contributed by atoms with Crippen molar-refractivity contribution in [2.45, 2.75) is 169 Å². The maximum absolute atomic E-state index is 14.9. The molecule has 18 heteroatoms. The number of halogens is 2. The maximum atomic E-state index is 14.9. The second kappa shape index (κ2) is 24.3. The van der Waals surface area contributed by atoms with Crippen LogP contribution in [-0.2, 0) is 68.7 Å². The summed E-state index contributed by atoms with van der Waals surface area (Å²) in [6.07, 6.45) is 3.81.